The maximum absolute atomic E-state index is 11.0. The number of nitrogens with one attached hydrogen (secondary N) is 1. The molecule has 0 amide bonds. The van der Waals surface area contributed by atoms with Crippen molar-refractivity contribution >= 4 is 11.1 Å². The Kier molecular flexibility index (Phi) is 3.44. The molecule has 0 saturated heterocycles. The van der Waals surface area contributed by atoms with Crippen LogP contribution in [0, 0.1) is 0 Å². The second kappa shape index (κ2) is 5.01. The van der Waals surface area contributed by atoms with E-state index in [2.05, 4.69) is 11.9 Å². The monoisotopic (exact) mass is 219 g/mol. The molecule has 0 aliphatic carbocycles. The molecule has 1 aromatic heterocycles. The average molecular weight is 219 g/mol. The van der Waals surface area contributed by atoms with Gasteiger partial charge in [-0.1, -0.05) is 32.3 Å². The number of benzene rings is 1. The molecule has 2 rings (SSSR count). The van der Waals surface area contributed by atoms with Gasteiger partial charge in [0.1, 0.15) is 0 Å². The van der Waals surface area contributed by atoms with Crippen molar-refractivity contribution < 1.29 is 4.42 Å². The first kappa shape index (κ1) is 11.0. The first-order valence-corrected chi connectivity index (χ1v) is 5.91. The lowest BCUT2D eigenvalue weighted by Crippen LogP contribution is -1.93. The number of aryl methyl sites for hydroxylation is 1. The largest absolute Gasteiger partial charge is 0.417 e. The highest BCUT2D eigenvalue weighted by Crippen LogP contribution is 2.14. The standard InChI is InChI=1S/C13H17NO2/c1-2-3-4-5-6-10-7-8-12-11(9-10)14-13(15)16-12/h7-9H,2-6H2,1H3,(H,14,15). The van der Waals surface area contributed by atoms with E-state index < -0.39 is 0 Å². The molecule has 0 saturated carbocycles. The summed E-state index contributed by atoms with van der Waals surface area (Å²) >= 11 is 0. The SMILES string of the molecule is CCCCCCc1ccc2oc(=O)[nH]c2c1. The van der Waals surface area contributed by atoms with Crippen molar-refractivity contribution in [2.45, 2.75) is 39.0 Å². The molecular weight excluding hydrogens is 202 g/mol. The minimum Gasteiger partial charge on any atom is -0.408 e. The minimum absolute atomic E-state index is 0.377. The summed E-state index contributed by atoms with van der Waals surface area (Å²) in [6, 6.07) is 5.90. The third-order valence-electron chi connectivity index (χ3n) is 2.80. The van der Waals surface area contributed by atoms with Crippen LogP contribution in [0.25, 0.3) is 11.1 Å². The maximum atomic E-state index is 11.0. The van der Waals surface area contributed by atoms with Gasteiger partial charge in [0.2, 0.25) is 0 Å². The highest BCUT2D eigenvalue weighted by atomic mass is 16.4. The molecule has 16 heavy (non-hydrogen) atoms. The summed E-state index contributed by atoms with van der Waals surface area (Å²) in [6.07, 6.45) is 6.11. The minimum atomic E-state index is -0.377. The zero-order chi connectivity index (χ0) is 11.4. The molecule has 1 N–H and O–H groups in total. The van der Waals surface area contributed by atoms with E-state index in [1.54, 1.807) is 0 Å². The number of aromatic nitrogens is 1. The normalized spacial score (nSPS) is 11.1. The number of hydrogen-bond acceptors (Lipinski definition) is 2. The lowest BCUT2D eigenvalue weighted by Gasteiger charge is -2.00. The van der Waals surface area contributed by atoms with E-state index >= 15 is 0 Å². The molecule has 1 aromatic carbocycles. The molecule has 2 aromatic rings. The van der Waals surface area contributed by atoms with Crippen LogP contribution in [0.5, 0.6) is 0 Å². The highest BCUT2D eigenvalue weighted by molar-refractivity contribution is 5.72. The topological polar surface area (TPSA) is 46.0 Å². The predicted octanol–water partition coefficient (Wildman–Crippen LogP) is 3.24. The summed E-state index contributed by atoms with van der Waals surface area (Å²) in [5.74, 6) is -0.377. The molecule has 0 atom stereocenters. The zero-order valence-electron chi connectivity index (χ0n) is 9.58. The Morgan fingerprint density at radius 3 is 2.94 bits per heavy atom. The first-order valence-electron chi connectivity index (χ1n) is 5.91. The Balaban J connectivity index is 2.04. The van der Waals surface area contributed by atoms with Gasteiger partial charge < -0.3 is 4.42 Å². The molecule has 0 unspecified atom stereocenters. The number of fused-ring (bicyclic) bond motifs is 1. The quantitative estimate of drug-likeness (QED) is 0.784. The lowest BCUT2D eigenvalue weighted by molar-refractivity contribution is 0.555. The molecule has 0 spiro atoms. The van der Waals surface area contributed by atoms with E-state index in [0.29, 0.717) is 5.58 Å². The van der Waals surface area contributed by atoms with Crippen LogP contribution >= 0.6 is 0 Å². The van der Waals surface area contributed by atoms with Crippen LogP contribution < -0.4 is 5.76 Å². The fourth-order valence-corrected chi connectivity index (χ4v) is 1.91. The molecular formula is C13H17NO2. The van der Waals surface area contributed by atoms with Crippen LogP contribution in [0.15, 0.2) is 27.4 Å². The third kappa shape index (κ3) is 2.54. The number of unbranched alkanes of at least 4 members (excludes halogenated alkanes) is 3. The molecule has 0 radical (unpaired) electrons. The summed E-state index contributed by atoms with van der Waals surface area (Å²) in [4.78, 5) is 13.7. The fraction of sp³-hybridized carbons (Fsp3) is 0.462. The van der Waals surface area contributed by atoms with E-state index in [-0.39, 0.29) is 5.76 Å². The van der Waals surface area contributed by atoms with Crippen LogP contribution in [-0.4, -0.2) is 4.98 Å². The van der Waals surface area contributed by atoms with Crippen molar-refractivity contribution in [1.82, 2.24) is 4.98 Å². The van der Waals surface area contributed by atoms with Gasteiger partial charge in [-0.3, -0.25) is 4.98 Å². The number of oxazole rings is 1. The second-order valence-electron chi connectivity index (χ2n) is 4.16. The van der Waals surface area contributed by atoms with Crippen LogP contribution in [0.2, 0.25) is 0 Å². The van der Waals surface area contributed by atoms with E-state index in [9.17, 15) is 4.79 Å². The van der Waals surface area contributed by atoms with Gasteiger partial charge in [0, 0.05) is 0 Å². The number of H-pyrrole nitrogens is 1. The van der Waals surface area contributed by atoms with Gasteiger partial charge in [0.25, 0.3) is 0 Å². The van der Waals surface area contributed by atoms with Crippen LogP contribution in [0.1, 0.15) is 38.2 Å². The molecule has 0 aliphatic rings. The van der Waals surface area contributed by atoms with Crippen molar-refractivity contribution in [3.8, 4) is 0 Å². The van der Waals surface area contributed by atoms with E-state index in [0.717, 1.165) is 11.9 Å². The number of aromatic amines is 1. The fourth-order valence-electron chi connectivity index (χ4n) is 1.91. The van der Waals surface area contributed by atoms with Gasteiger partial charge in [-0.15, -0.1) is 0 Å². The summed E-state index contributed by atoms with van der Waals surface area (Å²) in [6.45, 7) is 2.21. The summed E-state index contributed by atoms with van der Waals surface area (Å²) in [5.41, 5.74) is 2.71. The van der Waals surface area contributed by atoms with Gasteiger partial charge in [-0.25, -0.2) is 4.79 Å². The molecule has 0 fully saturated rings. The van der Waals surface area contributed by atoms with Crippen LogP contribution in [0.3, 0.4) is 0 Å². The van der Waals surface area contributed by atoms with Gasteiger partial charge >= 0.3 is 5.76 Å². The van der Waals surface area contributed by atoms with Crippen LogP contribution in [0.4, 0.5) is 0 Å². The van der Waals surface area contributed by atoms with Crippen molar-refractivity contribution in [1.29, 1.82) is 0 Å². The van der Waals surface area contributed by atoms with Gasteiger partial charge in [0.15, 0.2) is 5.58 Å². The highest BCUT2D eigenvalue weighted by Gasteiger charge is 2.01. The predicted molar refractivity (Wildman–Crippen MR) is 64.7 cm³/mol. The number of hydrogen-bond donors (Lipinski definition) is 1. The zero-order valence-corrected chi connectivity index (χ0v) is 9.58. The van der Waals surface area contributed by atoms with Gasteiger partial charge in [-0.2, -0.15) is 0 Å². The summed E-state index contributed by atoms with van der Waals surface area (Å²) in [7, 11) is 0. The van der Waals surface area contributed by atoms with Crippen molar-refractivity contribution in [2.75, 3.05) is 0 Å². The molecule has 1 heterocycles. The number of rotatable bonds is 5. The van der Waals surface area contributed by atoms with E-state index in [1.165, 1.54) is 31.2 Å². The van der Waals surface area contributed by atoms with Crippen molar-refractivity contribution in [3.63, 3.8) is 0 Å². The smallest absolute Gasteiger partial charge is 0.408 e. The second-order valence-corrected chi connectivity index (χ2v) is 4.16. The Hall–Kier alpha value is -1.51. The molecule has 3 nitrogen and oxygen atoms in total. The Morgan fingerprint density at radius 1 is 1.25 bits per heavy atom. The summed E-state index contributed by atoms with van der Waals surface area (Å²) < 4.78 is 4.95. The third-order valence-corrected chi connectivity index (χ3v) is 2.80. The Labute approximate surface area is 94.5 Å². The Bertz CT molecular complexity index is 510. The molecule has 0 bridgehead atoms. The van der Waals surface area contributed by atoms with Crippen LogP contribution in [-0.2, 0) is 6.42 Å². The molecule has 86 valence electrons. The van der Waals surface area contributed by atoms with Gasteiger partial charge in [-0.05, 0) is 30.5 Å². The Morgan fingerprint density at radius 2 is 2.12 bits per heavy atom. The van der Waals surface area contributed by atoms with Crippen molar-refractivity contribution in [3.05, 3.63) is 34.3 Å². The lowest BCUT2D eigenvalue weighted by atomic mass is 10.1. The summed E-state index contributed by atoms with van der Waals surface area (Å²) in [5, 5.41) is 0. The van der Waals surface area contributed by atoms with E-state index in [4.69, 9.17) is 4.42 Å². The van der Waals surface area contributed by atoms with Gasteiger partial charge in [0.05, 0.1) is 5.52 Å². The van der Waals surface area contributed by atoms with E-state index in [1.807, 2.05) is 18.2 Å². The first-order chi connectivity index (χ1) is 7.79. The average Bonchev–Trinajstić information content (AvgIpc) is 2.64. The maximum Gasteiger partial charge on any atom is 0.417 e. The molecule has 0 aliphatic heterocycles. The molecule has 3 heteroatoms. The van der Waals surface area contributed by atoms with Crippen molar-refractivity contribution in [2.24, 2.45) is 0 Å².